The summed E-state index contributed by atoms with van der Waals surface area (Å²) < 4.78 is 6.89. The van der Waals surface area contributed by atoms with Crippen molar-refractivity contribution >= 4 is 33.3 Å². The molecule has 0 bridgehead atoms. The molecule has 0 amide bonds. The highest BCUT2D eigenvalue weighted by atomic mass is 35.5. The molecule has 1 fully saturated rings. The molecule has 2 heterocycles. The Bertz CT molecular complexity index is 536. The van der Waals surface area contributed by atoms with Gasteiger partial charge in [-0.15, -0.1) is 11.3 Å². The van der Waals surface area contributed by atoms with Crippen molar-refractivity contribution in [1.82, 2.24) is 9.97 Å². The van der Waals surface area contributed by atoms with Crippen LogP contribution in [0.1, 0.15) is 18.4 Å². The molecule has 84 valence electrons. The third-order valence-electron chi connectivity index (χ3n) is 3.11. The monoisotopic (exact) mass is 254 g/mol. The summed E-state index contributed by atoms with van der Waals surface area (Å²) in [6.45, 7) is 0.771. The van der Waals surface area contributed by atoms with Crippen molar-refractivity contribution in [1.29, 1.82) is 0 Å². The molecule has 1 aliphatic carbocycles. The van der Waals surface area contributed by atoms with E-state index in [-0.39, 0.29) is 5.41 Å². The van der Waals surface area contributed by atoms with E-state index in [1.165, 1.54) is 29.7 Å². The van der Waals surface area contributed by atoms with Crippen molar-refractivity contribution in [2.75, 3.05) is 13.7 Å². The molecule has 5 heteroatoms. The maximum absolute atomic E-state index is 5.87. The van der Waals surface area contributed by atoms with Gasteiger partial charge < -0.3 is 4.74 Å². The van der Waals surface area contributed by atoms with Crippen molar-refractivity contribution in [2.24, 2.45) is 0 Å². The normalized spacial score (nSPS) is 17.9. The molecule has 3 nitrogen and oxygen atoms in total. The second-order valence-electron chi connectivity index (χ2n) is 4.23. The van der Waals surface area contributed by atoms with Gasteiger partial charge in [0.1, 0.15) is 0 Å². The highest BCUT2D eigenvalue weighted by molar-refractivity contribution is 7.22. The van der Waals surface area contributed by atoms with Gasteiger partial charge in [0.2, 0.25) is 0 Å². The van der Waals surface area contributed by atoms with Crippen LogP contribution in [-0.4, -0.2) is 23.7 Å². The van der Waals surface area contributed by atoms with E-state index < -0.39 is 0 Å². The zero-order chi connectivity index (χ0) is 11.2. The van der Waals surface area contributed by atoms with Gasteiger partial charge in [-0.05, 0) is 24.5 Å². The van der Waals surface area contributed by atoms with Gasteiger partial charge in [0, 0.05) is 18.7 Å². The quantitative estimate of drug-likeness (QED) is 0.845. The predicted octanol–water partition coefficient (Wildman–Crippen LogP) is 3.02. The second kappa shape index (κ2) is 3.65. The first-order valence-electron chi connectivity index (χ1n) is 5.15. The number of hydrogen-bond donors (Lipinski definition) is 0. The summed E-state index contributed by atoms with van der Waals surface area (Å²) in [5.41, 5.74) is 2.20. The smallest absolute Gasteiger partial charge is 0.186 e. The minimum absolute atomic E-state index is 0.201. The lowest BCUT2D eigenvalue weighted by Crippen LogP contribution is -2.14. The summed E-state index contributed by atoms with van der Waals surface area (Å²) in [5.74, 6) is 0. The van der Waals surface area contributed by atoms with E-state index in [1.807, 2.05) is 6.20 Å². The average Bonchev–Trinajstić information content (AvgIpc) is 2.93. The van der Waals surface area contributed by atoms with Gasteiger partial charge in [-0.2, -0.15) is 0 Å². The van der Waals surface area contributed by atoms with E-state index in [1.54, 1.807) is 7.11 Å². The van der Waals surface area contributed by atoms with Crippen LogP contribution in [0, 0.1) is 0 Å². The van der Waals surface area contributed by atoms with Crippen molar-refractivity contribution < 1.29 is 4.74 Å². The third-order valence-corrected chi connectivity index (χ3v) is 4.20. The molecular weight excluding hydrogens is 244 g/mol. The fraction of sp³-hybridized carbons (Fsp3) is 0.455. The van der Waals surface area contributed by atoms with Crippen molar-refractivity contribution in [3.63, 3.8) is 0 Å². The Balaban J connectivity index is 2.04. The number of aromatic nitrogens is 2. The number of thiazole rings is 1. The fourth-order valence-corrected chi connectivity index (χ4v) is 3.05. The SMILES string of the molecule is COCC1(c2cnc3nc(Cl)sc3c2)CC1. The van der Waals surface area contributed by atoms with Gasteiger partial charge >= 0.3 is 0 Å². The Hall–Kier alpha value is -0.710. The molecule has 0 spiro atoms. The van der Waals surface area contributed by atoms with Crippen LogP contribution >= 0.6 is 22.9 Å². The Morgan fingerprint density at radius 1 is 1.56 bits per heavy atom. The van der Waals surface area contributed by atoms with E-state index in [2.05, 4.69) is 16.0 Å². The molecule has 3 rings (SSSR count). The van der Waals surface area contributed by atoms with Crippen LogP contribution in [0.2, 0.25) is 4.47 Å². The van der Waals surface area contributed by atoms with E-state index >= 15 is 0 Å². The number of fused-ring (bicyclic) bond motifs is 1. The lowest BCUT2D eigenvalue weighted by molar-refractivity contribution is 0.171. The minimum Gasteiger partial charge on any atom is -0.384 e. The summed E-state index contributed by atoms with van der Waals surface area (Å²) in [7, 11) is 1.75. The predicted molar refractivity (Wildman–Crippen MR) is 65.2 cm³/mol. The van der Waals surface area contributed by atoms with E-state index in [4.69, 9.17) is 16.3 Å². The van der Waals surface area contributed by atoms with Gasteiger partial charge in [-0.1, -0.05) is 11.6 Å². The standard InChI is InChI=1S/C11H11ClN2OS/c1-15-6-11(2-3-11)7-4-8-9(13-5-7)14-10(12)16-8/h4-5H,2-3,6H2,1H3. The maximum Gasteiger partial charge on any atom is 0.186 e. The van der Waals surface area contributed by atoms with Crippen LogP contribution in [0.25, 0.3) is 10.3 Å². The average molecular weight is 255 g/mol. The van der Waals surface area contributed by atoms with Crippen molar-refractivity contribution in [2.45, 2.75) is 18.3 Å². The molecule has 1 aliphatic rings. The Morgan fingerprint density at radius 2 is 2.38 bits per heavy atom. The lowest BCUT2D eigenvalue weighted by Gasteiger charge is -2.13. The molecule has 1 saturated carbocycles. The summed E-state index contributed by atoms with van der Waals surface area (Å²) in [5, 5.41) is 0. The first kappa shape index (κ1) is 10.4. The van der Waals surface area contributed by atoms with Crippen LogP contribution < -0.4 is 0 Å². The molecule has 0 atom stereocenters. The minimum atomic E-state index is 0.201. The van der Waals surface area contributed by atoms with Crippen molar-refractivity contribution in [3.8, 4) is 0 Å². The first-order chi connectivity index (χ1) is 7.73. The van der Waals surface area contributed by atoms with E-state index in [9.17, 15) is 0 Å². The molecule has 2 aromatic rings. The number of rotatable bonds is 3. The molecule has 0 radical (unpaired) electrons. The molecule has 0 N–H and O–H groups in total. The summed E-state index contributed by atoms with van der Waals surface area (Å²) in [4.78, 5) is 8.49. The number of pyridine rings is 1. The topological polar surface area (TPSA) is 35.0 Å². The zero-order valence-electron chi connectivity index (χ0n) is 8.86. The third kappa shape index (κ3) is 1.61. The number of ether oxygens (including phenoxy) is 1. The van der Waals surface area contributed by atoms with E-state index in [0.717, 1.165) is 17.0 Å². The van der Waals surface area contributed by atoms with E-state index in [0.29, 0.717) is 4.47 Å². The highest BCUT2D eigenvalue weighted by Gasteiger charge is 2.44. The molecule has 16 heavy (non-hydrogen) atoms. The molecule has 0 aromatic carbocycles. The second-order valence-corrected chi connectivity index (χ2v) is 5.84. The molecule has 0 aliphatic heterocycles. The van der Waals surface area contributed by atoms with Crippen molar-refractivity contribution in [3.05, 3.63) is 22.3 Å². The van der Waals surface area contributed by atoms with Crippen LogP contribution in [0.5, 0.6) is 0 Å². The fourth-order valence-electron chi connectivity index (χ4n) is 2.03. The number of methoxy groups -OCH3 is 1. The molecule has 0 unspecified atom stereocenters. The summed E-state index contributed by atoms with van der Waals surface area (Å²) in [6.07, 6.45) is 4.27. The van der Waals surface area contributed by atoms with Crippen LogP contribution in [-0.2, 0) is 10.2 Å². The molecule has 0 saturated heterocycles. The van der Waals surface area contributed by atoms with Gasteiger partial charge in [-0.3, -0.25) is 0 Å². The molecular formula is C11H11ClN2OS. The maximum atomic E-state index is 5.87. The largest absolute Gasteiger partial charge is 0.384 e. The van der Waals surface area contributed by atoms with Gasteiger partial charge in [0.15, 0.2) is 10.1 Å². The number of halogens is 1. The van der Waals surface area contributed by atoms with Crippen LogP contribution in [0.3, 0.4) is 0 Å². The van der Waals surface area contributed by atoms with Crippen LogP contribution in [0.4, 0.5) is 0 Å². The van der Waals surface area contributed by atoms with Gasteiger partial charge in [0.25, 0.3) is 0 Å². The Labute approximate surface area is 102 Å². The summed E-state index contributed by atoms with van der Waals surface area (Å²) in [6, 6.07) is 2.15. The molecule has 2 aromatic heterocycles. The Kier molecular flexibility index (Phi) is 2.38. The lowest BCUT2D eigenvalue weighted by atomic mass is 9.99. The first-order valence-corrected chi connectivity index (χ1v) is 6.34. The zero-order valence-corrected chi connectivity index (χ0v) is 10.4. The highest BCUT2D eigenvalue weighted by Crippen LogP contribution is 2.48. The number of nitrogens with zero attached hydrogens (tertiary/aromatic N) is 2. The van der Waals surface area contributed by atoms with Gasteiger partial charge in [-0.25, -0.2) is 9.97 Å². The summed E-state index contributed by atoms with van der Waals surface area (Å²) >= 11 is 7.35. The van der Waals surface area contributed by atoms with Crippen LogP contribution in [0.15, 0.2) is 12.3 Å². The number of hydrogen-bond acceptors (Lipinski definition) is 4. The Morgan fingerprint density at radius 3 is 3.06 bits per heavy atom. The van der Waals surface area contributed by atoms with Gasteiger partial charge in [0.05, 0.1) is 11.3 Å².